The molecule has 3 aliphatic rings. The molecule has 0 spiro atoms. The minimum absolute atomic E-state index is 0.0915. The van der Waals surface area contributed by atoms with Gasteiger partial charge in [0.15, 0.2) is 0 Å². The van der Waals surface area contributed by atoms with E-state index in [0.29, 0.717) is 18.7 Å². The summed E-state index contributed by atoms with van der Waals surface area (Å²) in [6, 6.07) is 5.20. The molecular formula is C21H27FN2O2S. The zero-order valence-corrected chi connectivity index (χ0v) is 16.6. The van der Waals surface area contributed by atoms with Gasteiger partial charge >= 0.3 is 0 Å². The number of nitrogens with zero attached hydrogens (tertiary/aromatic N) is 2. The summed E-state index contributed by atoms with van der Waals surface area (Å²) in [5.74, 6) is 2.25. The van der Waals surface area contributed by atoms with Crippen LogP contribution in [0.25, 0.3) is 0 Å². The molecule has 2 amide bonds. The molecule has 0 aromatic heterocycles. The molecule has 2 unspecified atom stereocenters. The van der Waals surface area contributed by atoms with Crippen LogP contribution in [0.1, 0.15) is 36.3 Å². The maximum absolute atomic E-state index is 13.7. The molecule has 2 heterocycles. The lowest BCUT2D eigenvalue weighted by molar-refractivity contribution is -0.141. The van der Waals surface area contributed by atoms with Crippen LogP contribution in [0.2, 0.25) is 0 Å². The first kappa shape index (κ1) is 18.8. The van der Waals surface area contributed by atoms with Crippen LogP contribution in [0.5, 0.6) is 0 Å². The Morgan fingerprint density at radius 3 is 2.41 bits per heavy atom. The first-order valence-electron chi connectivity index (χ1n) is 9.94. The Kier molecular flexibility index (Phi) is 5.44. The molecule has 4 rings (SSSR count). The van der Waals surface area contributed by atoms with Crippen molar-refractivity contribution in [1.29, 1.82) is 0 Å². The summed E-state index contributed by atoms with van der Waals surface area (Å²) >= 11 is 1.89. The molecule has 3 fully saturated rings. The average molecular weight is 391 g/mol. The van der Waals surface area contributed by atoms with E-state index < -0.39 is 0 Å². The smallest absolute Gasteiger partial charge is 0.227 e. The average Bonchev–Trinajstić information content (AvgIpc) is 3.54. The highest BCUT2D eigenvalue weighted by atomic mass is 32.2. The number of hydrogen-bond acceptors (Lipinski definition) is 3. The van der Waals surface area contributed by atoms with Gasteiger partial charge in [-0.3, -0.25) is 9.59 Å². The van der Waals surface area contributed by atoms with Crippen LogP contribution in [0.15, 0.2) is 18.2 Å². The van der Waals surface area contributed by atoms with Gasteiger partial charge < -0.3 is 9.80 Å². The molecule has 6 heteroatoms. The fraction of sp³-hybridized carbons (Fsp3) is 0.619. The monoisotopic (exact) mass is 390 g/mol. The lowest BCUT2D eigenvalue weighted by Gasteiger charge is -2.40. The molecule has 2 atom stereocenters. The second-order valence-electron chi connectivity index (χ2n) is 8.09. The number of likely N-dealkylation sites (tertiary alicyclic amines) is 1. The predicted octanol–water partition coefficient (Wildman–Crippen LogP) is 3.05. The van der Waals surface area contributed by atoms with Crippen LogP contribution in [0.3, 0.4) is 0 Å². The summed E-state index contributed by atoms with van der Waals surface area (Å²) in [7, 11) is 0. The molecule has 2 saturated heterocycles. The highest BCUT2D eigenvalue weighted by molar-refractivity contribution is 7.99. The van der Waals surface area contributed by atoms with E-state index >= 15 is 0 Å². The van der Waals surface area contributed by atoms with Crippen molar-refractivity contribution >= 4 is 23.6 Å². The molecule has 0 radical (unpaired) electrons. The second-order valence-corrected chi connectivity index (χ2v) is 9.32. The van der Waals surface area contributed by atoms with Crippen molar-refractivity contribution in [3.63, 3.8) is 0 Å². The van der Waals surface area contributed by atoms with E-state index in [9.17, 15) is 14.0 Å². The minimum atomic E-state index is -0.209. The number of hydrogen-bond donors (Lipinski definition) is 0. The van der Waals surface area contributed by atoms with Gasteiger partial charge in [-0.05, 0) is 43.4 Å². The summed E-state index contributed by atoms with van der Waals surface area (Å²) in [5.41, 5.74) is 1.66. The molecule has 1 aliphatic carbocycles. The Morgan fingerprint density at radius 2 is 1.74 bits per heavy atom. The Morgan fingerprint density at radius 1 is 1.04 bits per heavy atom. The van der Waals surface area contributed by atoms with E-state index in [1.165, 1.54) is 6.07 Å². The third-order valence-electron chi connectivity index (χ3n) is 6.01. The van der Waals surface area contributed by atoms with Crippen molar-refractivity contribution < 1.29 is 14.0 Å². The summed E-state index contributed by atoms with van der Waals surface area (Å²) in [6.45, 7) is 4.55. The predicted molar refractivity (Wildman–Crippen MR) is 105 cm³/mol. The van der Waals surface area contributed by atoms with E-state index in [1.54, 1.807) is 6.92 Å². The number of piperidine rings is 1. The number of halogens is 1. The molecular weight excluding hydrogens is 363 g/mol. The molecule has 2 aliphatic heterocycles. The van der Waals surface area contributed by atoms with Crippen LogP contribution in [-0.4, -0.2) is 59.3 Å². The van der Waals surface area contributed by atoms with Gasteiger partial charge in [0, 0.05) is 49.5 Å². The van der Waals surface area contributed by atoms with Crippen LogP contribution < -0.4 is 0 Å². The molecule has 0 N–H and O–H groups in total. The highest BCUT2D eigenvalue weighted by Crippen LogP contribution is 2.37. The Labute approximate surface area is 164 Å². The van der Waals surface area contributed by atoms with Crippen molar-refractivity contribution in [2.75, 3.05) is 37.7 Å². The van der Waals surface area contributed by atoms with Gasteiger partial charge in [-0.2, -0.15) is 11.8 Å². The Bertz CT molecular complexity index is 731. The molecule has 146 valence electrons. The zero-order chi connectivity index (χ0) is 19.0. The van der Waals surface area contributed by atoms with Crippen molar-refractivity contribution in [3.8, 4) is 0 Å². The van der Waals surface area contributed by atoms with Gasteiger partial charge in [0.1, 0.15) is 5.82 Å². The molecule has 27 heavy (non-hydrogen) atoms. The number of thioether (sulfide) groups is 1. The van der Waals surface area contributed by atoms with Gasteiger partial charge in [-0.15, -0.1) is 0 Å². The van der Waals surface area contributed by atoms with Crippen LogP contribution in [0.4, 0.5) is 4.39 Å². The SMILES string of the molecule is Cc1cc(C2CC(C(=O)N3CCSCC3)CN(C(=O)C3CC3)C2)ccc1F. The number of aryl methyl sites for hydroxylation is 1. The molecule has 1 aromatic carbocycles. The molecule has 0 bridgehead atoms. The lowest BCUT2D eigenvalue weighted by Crippen LogP contribution is -2.50. The van der Waals surface area contributed by atoms with Gasteiger partial charge in [0.25, 0.3) is 0 Å². The van der Waals surface area contributed by atoms with Crippen LogP contribution in [0, 0.1) is 24.6 Å². The number of amides is 2. The quantitative estimate of drug-likeness (QED) is 0.797. The standard InChI is InChI=1S/C21H27FN2O2S/c1-14-10-16(4-5-19(14)22)17-11-18(21(26)23-6-8-27-9-7-23)13-24(12-17)20(25)15-2-3-15/h4-5,10,15,17-18H,2-3,6-9,11-13H2,1H3. The number of carbonyl (C=O) groups is 2. The molecule has 1 aromatic rings. The van der Waals surface area contributed by atoms with Gasteiger partial charge in [0.2, 0.25) is 11.8 Å². The topological polar surface area (TPSA) is 40.6 Å². The first-order chi connectivity index (χ1) is 13.0. The van der Waals surface area contributed by atoms with E-state index in [2.05, 4.69) is 0 Å². The summed E-state index contributed by atoms with van der Waals surface area (Å²) in [6.07, 6.45) is 2.68. The highest BCUT2D eigenvalue weighted by Gasteiger charge is 2.40. The fourth-order valence-electron chi connectivity index (χ4n) is 4.25. The molecule has 1 saturated carbocycles. The number of rotatable bonds is 3. The normalized spacial score (nSPS) is 26.1. The lowest BCUT2D eigenvalue weighted by atomic mass is 9.83. The maximum Gasteiger partial charge on any atom is 0.227 e. The second kappa shape index (κ2) is 7.82. The Hall–Kier alpha value is -1.56. The third kappa shape index (κ3) is 4.15. The van der Waals surface area contributed by atoms with E-state index in [4.69, 9.17) is 0 Å². The van der Waals surface area contributed by atoms with Crippen LogP contribution in [-0.2, 0) is 9.59 Å². The van der Waals surface area contributed by atoms with Crippen molar-refractivity contribution in [3.05, 3.63) is 35.1 Å². The Balaban J connectivity index is 1.55. The fourth-order valence-corrected chi connectivity index (χ4v) is 5.15. The minimum Gasteiger partial charge on any atom is -0.341 e. The van der Waals surface area contributed by atoms with Crippen LogP contribution >= 0.6 is 11.8 Å². The van der Waals surface area contributed by atoms with Gasteiger partial charge in [0.05, 0.1) is 5.92 Å². The molecule has 4 nitrogen and oxygen atoms in total. The first-order valence-corrected chi connectivity index (χ1v) is 11.1. The largest absolute Gasteiger partial charge is 0.341 e. The van der Waals surface area contributed by atoms with Gasteiger partial charge in [-0.25, -0.2) is 4.39 Å². The maximum atomic E-state index is 13.7. The van der Waals surface area contributed by atoms with E-state index in [1.807, 2.05) is 33.7 Å². The number of carbonyl (C=O) groups excluding carboxylic acids is 2. The van der Waals surface area contributed by atoms with Gasteiger partial charge in [-0.1, -0.05) is 12.1 Å². The van der Waals surface area contributed by atoms with Crippen molar-refractivity contribution in [1.82, 2.24) is 9.80 Å². The summed E-state index contributed by atoms with van der Waals surface area (Å²) in [5, 5.41) is 0. The van der Waals surface area contributed by atoms with Crippen molar-refractivity contribution in [2.45, 2.75) is 32.1 Å². The van der Waals surface area contributed by atoms with Crippen molar-refractivity contribution in [2.24, 2.45) is 11.8 Å². The third-order valence-corrected chi connectivity index (χ3v) is 6.96. The zero-order valence-electron chi connectivity index (χ0n) is 15.8. The van der Waals surface area contributed by atoms with E-state index in [0.717, 1.165) is 49.4 Å². The summed E-state index contributed by atoms with van der Waals surface area (Å²) in [4.78, 5) is 29.7. The van der Waals surface area contributed by atoms with E-state index in [-0.39, 0.29) is 35.4 Å². The summed E-state index contributed by atoms with van der Waals surface area (Å²) < 4.78 is 13.7. The number of benzene rings is 1.